The molecule has 7 heteroatoms. The molecule has 1 aliphatic heterocycles. The minimum Gasteiger partial charge on any atom is -0.389 e. The van der Waals surface area contributed by atoms with Crippen LogP contribution >= 0.6 is 0 Å². The first-order valence-corrected chi connectivity index (χ1v) is 8.80. The molecule has 1 aromatic carbocycles. The maximum atomic E-state index is 12.8. The van der Waals surface area contributed by atoms with Crippen molar-refractivity contribution in [2.45, 2.75) is 32.0 Å². The average Bonchev–Trinajstić information content (AvgIpc) is 2.59. The third-order valence-corrected chi connectivity index (χ3v) is 4.33. The van der Waals surface area contributed by atoms with E-state index in [1.807, 2.05) is 4.90 Å². The molecule has 0 aliphatic carbocycles. The monoisotopic (exact) mass is 360 g/mol. The summed E-state index contributed by atoms with van der Waals surface area (Å²) in [5, 5.41) is 10.0. The molecule has 1 heterocycles. The molecular formula is C18H27F3N2O2. The number of rotatable bonds is 8. The summed E-state index contributed by atoms with van der Waals surface area (Å²) in [6.07, 6.45) is -2.80. The van der Waals surface area contributed by atoms with Gasteiger partial charge in [0.15, 0.2) is 0 Å². The standard InChI is InChI=1S/C18H27F3N2O2/c1-2-3-11-25-14-17(24)13-22-7-9-23(10-8-22)16-6-4-5-15(12-16)18(19,20)21/h4-6,12,17,24H,2-3,7-11,13-14H2,1H3/t17-/m1/s1. The summed E-state index contributed by atoms with van der Waals surface area (Å²) in [6, 6.07) is 5.45. The van der Waals surface area contributed by atoms with E-state index in [0.29, 0.717) is 51.6 Å². The van der Waals surface area contributed by atoms with Crippen LogP contribution in [0.1, 0.15) is 25.3 Å². The number of β-amino-alcohol motifs (C(OH)–C–C–N with tert-alkyl or cyclic N) is 1. The number of hydrogen-bond acceptors (Lipinski definition) is 4. The zero-order valence-electron chi connectivity index (χ0n) is 14.6. The number of aliphatic hydroxyl groups excluding tert-OH is 1. The fraction of sp³-hybridized carbons (Fsp3) is 0.667. The second-order valence-corrected chi connectivity index (χ2v) is 6.42. The molecule has 1 N–H and O–H groups in total. The van der Waals surface area contributed by atoms with E-state index in [-0.39, 0.29) is 0 Å². The van der Waals surface area contributed by atoms with Crippen molar-refractivity contribution < 1.29 is 23.0 Å². The van der Waals surface area contributed by atoms with E-state index >= 15 is 0 Å². The predicted molar refractivity (Wildman–Crippen MR) is 91.8 cm³/mol. The number of unbranched alkanes of at least 4 members (excludes halogenated alkanes) is 1. The summed E-state index contributed by atoms with van der Waals surface area (Å²) >= 11 is 0. The van der Waals surface area contributed by atoms with Gasteiger partial charge >= 0.3 is 6.18 Å². The van der Waals surface area contributed by atoms with Gasteiger partial charge in [0.1, 0.15) is 0 Å². The lowest BCUT2D eigenvalue weighted by atomic mass is 10.1. The zero-order valence-corrected chi connectivity index (χ0v) is 14.6. The summed E-state index contributed by atoms with van der Waals surface area (Å²) in [4.78, 5) is 4.08. The molecule has 0 spiro atoms. The number of ether oxygens (including phenoxy) is 1. The van der Waals surface area contributed by atoms with E-state index in [0.717, 1.165) is 18.9 Å². The molecule has 0 unspecified atom stereocenters. The maximum Gasteiger partial charge on any atom is 0.416 e. The van der Waals surface area contributed by atoms with Gasteiger partial charge in [0, 0.05) is 45.0 Å². The van der Waals surface area contributed by atoms with Gasteiger partial charge in [-0.3, -0.25) is 4.90 Å². The highest BCUT2D eigenvalue weighted by molar-refractivity contribution is 5.49. The number of nitrogens with zero attached hydrogens (tertiary/aromatic N) is 2. The van der Waals surface area contributed by atoms with Crippen molar-refractivity contribution >= 4 is 5.69 Å². The van der Waals surface area contributed by atoms with Crippen LogP contribution in [0.2, 0.25) is 0 Å². The van der Waals surface area contributed by atoms with Gasteiger partial charge in [-0.1, -0.05) is 19.4 Å². The van der Waals surface area contributed by atoms with Crippen LogP contribution in [0.5, 0.6) is 0 Å². The van der Waals surface area contributed by atoms with Gasteiger partial charge in [-0.05, 0) is 24.6 Å². The smallest absolute Gasteiger partial charge is 0.389 e. The Morgan fingerprint density at radius 2 is 1.92 bits per heavy atom. The molecule has 1 aromatic rings. The Hall–Kier alpha value is -1.31. The predicted octanol–water partition coefficient (Wildman–Crippen LogP) is 3.01. The highest BCUT2D eigenvalue weighted by Crippen LogP contribution is 2.31. The van der Waals surface area contributed by atoms with Crippen LogP contribution in [0, 0.1) is 0 Å². The van der Waals surface area contributed by atoms with Gasteiger partial charge in [0.2, 0.25) is 0 Å². The highest BCUT2D eigenvalue weighted by atomic mass is 19.4. The Balaban J connectivity index is 1.78. The molecule has 1 fully saturated rings. The lowest BCUT2D eigenvalue weighted by Gasteiger charge is -2.37. The van der Waals surface area contributed by atoms with E-state index in [9.17, 15) is 18.3 Å². The third kappa shape index (κ3) is 6.49. The van der Waals surface area contributed by atoms with E-state index in [2.05, 4.69) is 11.8 Å². The van der Waals surface area contributed by atoms with Crippen molar-refractivity contribution in [1.29, 1.82) is 0 Å². The lowest BCUT2D eigenvalue weighted by molar-refractivity contribution is -0.137. The molecule has 2 rings (SSSR count). The number of alkyl halides is 3. The second kappa shape index (κ2) is 9.40. The summed E-state index contributed by atoms with van der Waals surface area (Å²) in [5.74, 6) is 0. The average molecular weight is 360 g/mol. The molecule has 0 bridgehead atoms. The molecule has 0 radical (unpaired) electrons. The maximum absolute atomic E-state index is 12.8. The van der Waals surface area contributed by atoms with Gasteiger partial charge in [-0.15, -0.1) is 0 Å². The van der Waals surface area contributed by atoms with Crippen LogP contribution in [0.3, 0.4) is 0 Å². The zero-order chi connectivity index (χ0) is 18.3. The van der Waals surface area contributed by atoms with Crippen molar-refractivity contribution in [3.8, 4) is 0 Å². The molecule has 1 atom stereocenters. The van der Waals surface area contributed by atoms with Crippen molar-refractivity contribution in [3.05, 3.63) is 29.8 Å². The van der Waals surface area contributed by atoms with Gasteiger partial charge < -0.3 is 14.7 Å². The summed E-state index contributed by atoms with van der Waals surface area (Å²) in [5.41, 5.74) is -0.0231. The summed E-state index contributed by atoms with van der Waals surface area (Å²) < 4.78 is 43.9. The molecule has 25 heavy (non-hydrogen) atoms. The lowest BCUT2D eigenvalue weighted by Crippen LogP contribution is -2.49. The number of piperazine rings is 1. The van der Waals surface area contributed by atoms with Crippen LogP contribution in [0.4, 0.5) is 18.9 Å². The number of halogens is 3. The Morgan fingerprint density at radius 1 is 1.20 bits per heavy atom. The first-order chi connectivity index (χ1) is 11.9. The molecule has 1 saturated heterocycles. The van der Waals surface area contributed by atoms with Gasteiger partial charge in [0.25, 0.3) is 0 Å². The van der Waals surface area contributed by atoms with Crippen molar-refractivity contribution in [2.24, 2.45) is 0 Å². The quantitative estimate of drug-likeness (QED) is 0.723. The SMILES string of the molecule is CCCCOC[C@H](O)CN1CCN(c2cccc(C(F)(F)F)c2)CC1. The second-order valence-electron chi connectivity index (χ2n) is 6.42. The molecule has 4 nitrogen and oxygen atoms in total. The van der Waals surface area contributed by atoms with Crippen molar-refractivity contribution in [1.82, 2.24) is 4.90 Å². The Bertz CT molecular complexity index is 517. The molecule has 1 aliphatic rings. The third-order valence-electron chi connectivity index (χ3n) is 4.33. The first kappa shape index (κ1) is 20.0. The first-order valence-electron chi connectivity index (χ1n) is 8.80. The molecule has 0 saturated carbocycles. The Labute approximate surface area is 147 Å². The summed E-state index contributed by atoms with van der Waals surface area (Å²) in [7, 11) is 0. The van der Waals surface area contributed by atoms with Crippen molar-refractivity contribution in [3.63, 3.8) is 0 Å². The number of benzene rings is 1. The van der Waals surface area contributed by atoms with E-state index in [4.69, 9.17) is 4.74 Å². The van der Waals surface area contributed by atoms with Crippen LogP contribution in [-0.2, 0) is 10.9 Å². The van der Waals surface area contributed by atoms with Crippen LogP contribution < -0.4 is 4.90 Å². The van der Waals surface area contributed by atoms with E-state index in [1.54, 1.807) is 6.07 Å². The molecule has 142 valence electrons. The highest BCUT2D eigenvalue weighted by Gasteiger charge is 2.31. The fourth-order valence-corrected chi connectivity index (χ4v) is 2.88. The van der Waals surface area contributed by atoms with Crippen LogP contribution in [0.15, 0.2) is 24.3 Å². The normalized spacial score (nSPS) is 17.7. The number of anilines is 1. The van der Waals surface area contributed by atoms with E-state index < -0.39 is 17.8 Å². The molecular weight excluding hydrogens is 333 g/mol. The largest absolute Gasteiger partial charge is 0.416 e. The topological polar surface area (TPSA) is 35.9 Å². The molecule has 0 aromatic heterocycles. The minimum absolute atomic E-state index is 0.327. The number of aliphatic hydroxyl groups is 1. The molecule has 0 amide bonds. The van der Waals surface area contributed by atoms with Crippen molar-refractivity contribution in [2.75, 3.05) is 50.8 Å². The van der Waals surface area contributed by atoms with Crippen LogP contribution in [0.25, 0.3) is 0 Å². The Morgan fingerprint density at radius 3 is 2.56 bits per heavy atom. The summed E-state index contributed by atoms with van der Waals surface area (Å²) in [6.45, 7) is 6.32. The van der Waals surface area contributed by atoms with Gasteiger partial charge in [0.05, 0.1) is 18.3 Å². The Kier molecular flexibility index (Phi) is 7.53. The fourth-order valence-electron chi connectivity index (χ4n) is 2.88. The minimum atomic E-state index is -4.32. The van der Waals surface area contributed by atoms with Gasteiger partial charge in [-0.25, -0.2) is 0 Å². The van der Waals surface area contributed by atoms with Gasteiger partial charge in [-0.2, -0.15) is 13.2 Å². The number of hydrogen-bond donors (Lipinski definition) is 1. The van der Waals surface area contributed by atoms with E-state index in [1.165, 1.54) is 12.1 Å². The van der Waals surface area contributed by atoms with Crippen LogP contribution in [-0.4, -0.2) is 62.0 Å².